The first kappa shape index (κ1) is 23.6. The fourth-order valence-electron chi connectivity index (χ4n) is 3.98. The summed E-state index contributed by atoms with van der Waals surface area (Å²) in [5.74, 6) is -1.43. The van der Waals surface area contributed by atoms with E-state index in [0.717, 1.165) is 17.5 Å². The predicted octanol–water partition coefficient (Wildman–Crippen LogP) is 2.15. The zero-order valence-corrected chi connectivity index (χ0v) is 19.4. The maximum absolute atomic E-state index is 13.4. The summed E-state index contributed by atoms with van der Waals surface area (Å²) in [4.78, 5) is 27.2. The molecular weight excluding hydrogens is 458 g/mol. The Morgan fingerprint density at radius 1 is 1.12 bits per heavy atom. The van der Waals surface area contributed by atoms with Gasteiger partial charge < -0.3 is 15.6 Å². The van der Waals surface area contributed by atoms with Crippen LogP contribution in [0.1, 0.15) is 63.0 Å². The molecule has 1 aliphatic heterocycles. The van der Waals surface area contributed by atoms with Gasteiger partial charge in [0.05, 0.1) is 6.54 Å². The number of sulfonamides is 1. The summed E-state index contributed by atoms with van der Waals surface area (Å²) in [6, 6.07) is 15.9. The molecule has 2 atom stereocenters. The number of amides is 2. The van der Waals surface area contributed by atoms with E-state index in [1.807, 2.05) is 37.3 Å². The molecule has 178 valence electrons. The molecule has 0 bridgehead atoms. The average molecular weight is 484 g/mol. The number of nitrogens with one attached hydrogen (secondary N) is 1. The Hall–Kier alpha value is -3.57. The van der Waals surface area contributed by atoms with E-state index in [0.29, 0.717) is 12.0 Å². The van der Waals surface area contributed by atoms with Gasteiger partial charge in [-0.05, 0) is 43.0 Å². The van der Waals surface area contributed by atoms with E-state index in [-0.39, 0.29) is 36.8 Å². The molecule has 2 heterocycles. The Labute approximate surface area is 197 Å². The summed E-state index contributed by atoms with van der Waals surface area (Å²) in [7, 11) is -3.54. The van der Waals surface area contributed by atoms with Crippen LogP contribution in [0.4, 0.5) is 0 Å². The zero-order valence-electron chi connectivity index (χ0n) is 18.5. The van der Waals surface area contributed by atoms with E-state index in [2.05, 4.69) is 20.0 Å². The zero-order chi connectivity index (χ0) is 24.3. The van der Waals surface area contributed by atoms with E-state index in [1.165, 1.54) is 0 Å². The maximum Gasteiger partial charge on any atom is 0.315 e. The number of carbonyl (C=O) groups is 2. The minimum absolute atomic E-state index is 0.0399. The van der Waals surface area contributed by atoms with Gasteiger partial charge in [-0.1, -0.05) is 47.6 Å². The van der Waals surface area contributed by atoms with Gasteiger partial charge in [0.15, 0.2) is 5.82 Å². The summed E-state index contributed by atoms with van der Waals surface area (Å²) in [5.41, 5.74) is 7.03. The van der Waals surface area contributed by atoms with Crippen LogP contribution in [0, 0.1) is 0 Å². The van der Waals surface area contributed by atoms with Crippen LogP contribution >= 0.6 is 0 Å². The number of rotatable bonds is 7. The lowest BCUT2D eigenvalue weighted by molar-refractivity contribution is 0.0944. The van der Waals surface area contributed by atoms with Crippen molar-refractivity contribution >= 4 is 21.8 Å². The first-order valence-corrected chi connectivity index (χ1v) is 12.3. The number of nitrogens with zero attached hydrogens (tertiary/aromatic N) is 3. The third-order valence-corrected chi connectivity index (χ3v) is 8.21. The van der Waals surface area contributed by atoms with Crippen LogP contribution < -0.4 is 11.1 Å². The molecule has 1 aliphatic rings. The quantitative estimate of drug-likeness (QED) is 0.523. The first-order valence-electron chi connectivity index (χ1n) is 10.8. The molecule has 1 aromatic heterocycles. The monoisotopic (exact) mass is 483 g/mol. The minimum atomic E-state index is -3.54. The second kappa shape index (κ2) is 9.74. The van der Waals surface area contributed by atoms with Crippen LogP contribution in [0.2, 0.25) is 0 Å². The van der Waals surface area contributed by atoms with Crippen LogP contribution in [0.15, 0.2) is 59.1 Å². The van der Waals surface area contributed by atoms with Crippen LogP contribution in [0.25, 0.3) is 0 Å². The molecule has 10 nitrogen and oxygen atoms in total. The maximum atomic E-state index is 13.4. The van der Waals surface area contributed by atoms with E-state index >= 15 is 0 Å². The van der Waals surface area contributed by atoms with Gasteiger partial charge in [-0.25, -0.2) is 8.42 Å². The Bertz CT molecular complexity index is 1270. The van der Waals surface area contributed by atoms with Crippen molar-refractivity contribution in [1.29, 1.82) is 0 Å². The number of nitrogens with two attached hydrogens (primary N) is 1. The molecule has 0 spiro atoms. The van der Waals surface area contributed by atoms with Crippen molar-refractivity contribution in [3.05, 3.63) is 83.0 Å². The number of carbonyl (C=O) groups excluding carboxylic acids is 2. The summed E-state index contributed by atoms with van der Waals surface area (Å²) < 4.78 is 33.0. The van der Waals surface area contributed by atoms with E-state index in [1.54, 1.807) is 28.6 Å². The van der Waals surface area contributed by atoms with E-state index < -0.39 is 21.2 Å². The molecular formula is C23H25N5O5S. The number of hydrogen-bond acceptors (Lipinski definition) is 7. The minimum Gasteiger partial charge on any atom is -0.361 e. The highest BCUT2D eigenvalue weighted by molar-refractivity contribution is 7.89. The summed E-state index contributed by atoms with van der Waals surface area (Å²) in [6.45, 7) is 2.11. The normalized spacial score (nSPS) is 20.0. The second-order valence-electron chi connectivity index (χ2n) is 8.18. The average Bonchev–Trinajstić information content (AvgIpc) is 3.31. The molecule has 3 N–H and O–H groups in total. The molecule has 11 heteroatoms. The Kier molecular flexibility index (Phi) is 6.75. The molecule has 0 radical (unpaired) electrons. The molecule has 1 fully saturated rings. The SMILES string of the molecule is C[C@H]1CCC(c2ccccc2)S(=O)(=O)N1Cc1ccc(C(=O)NCc2noc(C(N)=O)n2)cc1. The van der Waals surface area contributed by atoms with Gasteiger partial charge in [0, 0.05) is 18.2 Å². The van der Waals surface area contributed by atoms with Gasteiger partial charge in [-0.2, -0.15) is 9.29 Å². The largest absolute Gasteiger partial charge is 0.361 e. The molecule has 2 amide bonds. The number of primary amides is 1. The van der Waals surface area contributed by atoms with Gasteiger partial charge in [0.25, 0.3) is 5.91 Å². The van der Waals surface area contributed by atoms with Gasteiger partial charge in [0.1, 0.15) is 5.25 Å². The molecule has 34 heavy (non-hydrogen) atoms. The molecule has 3 aromatic rings. The van der Waals surface area contributed by atoms with Crippen molar-refractivity contribution in [3.8, 4) is 0 Å². The van der Waals surface area contributed by atoms with E-state index in [4.69, 9.17) is 5.73 Å². The predicted molar refractivity (Wildman–Crippen MR) is 123 cm³/mol. The highest BCUT2D eigenvalue weighted by atomic mass is 32.2. The molecule has 0 aliphatic carbocycles. The molecule has 0 saturated carbocycles. The number of hydrogen-bond donors (Lipinski definition) is 2. The topological polar surface area (TPSA) is 148 Å². The fourth-order valence-corrected chi connectivity index (χ4v) is 6.18. The Morgan fingerprint density at radius 3 is 2.47 bits per heavy atom. The van der Waals surface area contributed by atoms with Crippen molar-refractivity contribution < 1.29 is 22.5 Å². The van der Waals surface area contributed by atoms with Crippen molar-refractivity contribution in [3.63, 3.8) is 0 Å². The van der Waals surface area contributed by atoms with Crippen LogP contribution in [-0.2, 0) is 23.1 Å². The fraction of sp³-hybridized carbons (Fsp3) is 0.304. The summed E-state index contributed by atoms with van der Waals surface area (Å²) in [5, 5.41) is 5.64. The summed E-state index contributed by atoms with van der Waals surface area (Å²) >= 11 is 0. The third kappa shape index (κ3) is 5.00. The Balaban J connectivity index is 1.42. The summed E-state index contributed by atoms with van der Waals surface area (Å²) in [6.07, 6.45) is 1.36. The standard InChI is InChI=1S/C23H25N5O5S/c1-15-7-12-19(17-5-3-2-4-6-17)34(31,32)28(15)14-16-8-10-18(11-9-16)22(30)25-13-20-26-23(21(24)29)33-27-20/h2-6,8-11,15,19H,7,12-14H2,1H3,(H2,24,29)(H,25,30)/t15-,19?/m0/s1. The molecule has 1 saturated heterocycles. The van der Waals surface area contributed by atoms with Crippen molar-refractivity contribution in [1.82, 2.24) is 19.8 Å². The lowest BCUT2D eigenvalue weighted by Gasteiger charge is -2.37. The van der Waals surface area contributed by atoms with Gasteiger partial charge in [-0.15, -0.1) is 0 Å². The lowest BCUT2D eigenvalue weighted by atomic mass is 10.0. The van der Waals surface area contributed by atoms with Crippen LogP contribution in [0.5, 0.6) is 0 Å². The molecule has 4 rings (SSSR count). The van der Waals surface area contributed by atoms with Crippen molar-refractivity contribution in [2.45, 2.75) is 44.1 Å². The van der Waals surface area contributed by atoms with Crippen LogP contribution in [0.3, 0.4) is 0 Å². The Morgan fingerprint density at radius 2 is 1.82 bits per heavy atom. The van der Waals surface area contributed by atoms with Gasteiger partial charge >= 0.3 is 11.8 Å². The molecule has 1 unspecified atom stereocenters. The smallest absolute Gasteiger partial charge is 0.315 e. The second-order valence-corrected chi connectivity index (χ2v) is 10.2. The highest BCUT2D eigenvalue weighted by Gasteiger charge is 2.40. The van der Waals surface area contributed by atoms with Crippen molar-refractivity contribution in [2.75, 3.05) is 0 Å². The van der Waals surface area contributed by atoms with Crippen LogP contribution in [-0.4, -0.2) is 40.7 Å². The molecule has 2 aromatic carbocycles. The van der Waals surface area contributed by atoms with Crippen molar-refractivity contribution in [2.24, 2.45) is 5.73 Å². The lowest BCUT2D eigenvalue weighted by Crippen LogP contribution is -2.44. The number of aromatic nitrogens is 2. The number of benzene rings is 2. The van der Waals surface area contributed by atoms with Gasteiger partial charge in [0.2, 0.25) is 10.0 Å². The first-order chi connectivity index (χ1) is 16.3. The third-order valence-electron chi connectivity index (χ3n) is 5.84. The van der Waals surface area contributed by atoms with E-state index in [9.17, 15) is 18.0 Å². The van der Waals surface area contributed by atoms with Gasteiger partial charge in [-0.3, -0.25) is 9.59 Å². The highest BCUT2D eigenvalue weighted by Crippen LogP contribution is 2.38.